The number of guanidine groups is 1. The summed E-state index contributed by atoms with van der Waals surface area (Å²) >= 11 is 0. The molecule has 148 valence electrons. The first-order chi connectivity index (χ1) is 12.4. The summed E-state index contributed by atoms with van der Waals surface area (Å²) in [6.07, 6.45) is 0. The van der Waals surface area contributed by atoms with Crippen LogP contribution in [0.5, 0.6) is 5.75 Å². The molecule has 0 bridgehead atoms. The van der Waals surface area contributed by atoms with E-state index in [2.05, 4.69) is 15.6 Å². The molecule has 0 aliphatic heterocycles. The Bertz CT molecular complexity index is 855. The van der Waals surface area contributed by atoms with E-state index in [1.54, 1.807) is 19.2 Å². The number of ether oxygens (including phenoxy) is 1. The molecule has 4 N–H and O–H groups in total. The molecule has 0 aromatic heterocycles. The standard InChI is InChI=1S/C18H24N4O3S.HI/c1-3-20-18(22-13-15-5-4-6-16(11-15)25-2)21-12-14-7-9-17(10-8-14)26(19,23)24;/h4-11H,3,12-13H2,1-2H3,(H2,19,23,24)(H2,20,21,22);1H. The molecule has 0 atom stereocenters. The SMILES string of the molecule is CCNC(=NCc1cccc(OC)c1)NCc1ccc(S(N)(=O)=O)cc1.I. The molecular weight excluding hydrogens is 479 g/mol. The number of halogens is 1. The van der Waals surface area contributed by atoms with Crippen LogP contribution in [0.25, 0.3) is 0 Å². The van der Waals surface area contributed by atoms with Crippen molar-refractivity contribution in [2.24, 2.45) is 10.1 Å². The van der Waals surface area contributed by atoms with E-state index in [1.165, 1.54) is 12.1 Å². The number of benzene rings is 2. The van der Waals surface area contributed by atoms with Crippen molar-refractivity contribution in [1.29, 1.82) is 0 Å². The Morgan fingerprint density at radius 3 is 2.41 bits per heavy atom. The van der Waals surface area contributed by atoms with Crippen molar-refractivity contribution in [2.75, 3.05) is 13.7 Å². The minimum atomic E-state index is -3.67. The lowest BCUT2D eigenvalue weighted by atomic mass is 10.2. The summed E-state index contributed by atoms with van der Waals surface area (Å²) in [5.74, 6) is 1.47. The van der Waals surface area contributed by atoms with Crippen LogP contribution in [-0.2, 0) is 23.1 Å². The van der Waals surface area contributed by atoms with E-state index in [0.717, 1.165) is 23.4 Å². The van der Waals surface area contributed by atoms with Crippen LogP contribution in [0.4, 0.5) is 0 Å². The van der Waals surface area contributed by atoms with E-state index in [9.17, 15) is 8.42 Å². The van der Waals surface area contributed by atoms with E-state index in [-0.39, 0.29) is 28.9 Å². The number of nitrogens with one attached hydrogen (secondary N) is 2. The smallest absolute Gasteiger partial charge is 0.238 e. The average Bonchev–Trinajstić information content (AvgIpc) is 2.64. The largest absolute Gasteiger partial charge is 0.497 e. The first-order valence-electron chi connectivity index (χ1n) is 8.19. The quantitative estimate of drug-likeness (QED) is 0.305. The maximum absolute atomic E-state index is 11.3. The van der Waals surface area contributed by atoms with Crippen molar-refractivity contribution >= 4 is 40.0 Å². The topological polar surface area (TPSA) is 106 Å². The minimum Gasteiger partial charge on any atom is -0.497 e. The lowest BCUT2D eigenvalue weighted by Gasteiger charge is -2.12. The molecule has 2 aromatic rings. The number of nitrogens with zero attached hydrogens (tertiary/aromatic N) is 1. The third kappa shape index (κ3) is 7.73. The highest BCUT2D eigenvalue weighted by Crippen LogP contribution is 2.13. The summed E-state index contributed by atoms with van der Waals surface area (Å²) in [5, 5.41) is 11.5. The van der Waals surface area contributed by atoms with Gasteiger partial charge in [-0.2, -0.15) is 0 Å². The third-order valence-electron chi connectivity index (χ3n) is 3.61. The van der Waals surface area contributed by atoms with Crippen LogP contribution in [0.1, 0.15) is 18.1 Å². The van der Waals surface area contributed by atoms with Gasteiger partial charge in [0.2, 0.25) is 10.0 Å². The molecule has 2 rings (SSSR count). The maximum Gasteiger partial charge on any atom is 0.238 e. The fourth-order valence-corrected chi connectivity index (χ4v) is 2.78. The molecule has 0 saturated heterocycles. The molecule has 0 aliphatic carbocycles. The van der Waals surface area contributed by atoms with Gasteiger partial charge in [0, 0.05) is 13.1 Å². The third-order valence-corrected chi connectivity index (χ3v) is 4.54. The van der Waals surface area contributed by atoms with E-state index < -0.39 is 10.0 Å². The van der Waals surface area contributed by atoms with Crippen molar-refractivity contribution < 1.29 is 13.2 Å². The number of primary sulfonamides is 1. The Balaban J connectivity index is 0.00000364. The van der Waals surface area contributed by atoms with Gasteiger partial charge in [-0.3, -0.25) is 0 Å². The summed E-state index contributed by atoms with van der Waals surface area (Å²) in [6, 6.07) is 14.2. The number of hydrogen-bond acceptors (Lipinski definition) is 4. The van der Waals surface area contributed by atoms with Gasteiger partial charge in [-0.25, -0.2) is 18.5 Å². The highest BCUT2D eigenvalue weighted by atomic mass is 127. The van der Waals surface area contributed by atoms with Crippen LogP contribution in [0.2, 0.25) is 0 Å². The summed E-state index contributed by atoms with van der Waals surface area (Å²) < 4.78 is 27.8. The number of hydrogen-bond donors (Lipinski definition) is 3. The summed E-state index contributed by atoms with van der Waals surface area (Å²) in [6.45, 7) is 3.74. The zero-order valence-corrected chi connectivity index (χ0v) is 18.5. The molecule has 0 saturated carbocycles. The normalized spacial score (nSPS) is 11.4. The predicted octanol–water partition coefficient (Wildman–Crippen LogP) is 2.22. The number of aliphatic imine (C=N–C) groups is 1. The van der Waals surface area contributed by atoms with E-state index in [0.29, 0.717) is 19.0 Å². The van der Waals surface area contributed by atoms with Crippen LogP contribution in [-0.4, -0.2) is 28.0 Å². The number of rotatable bonds is 7. The van der Waals surface area contributed by atoms with Gasteiger partial charge in [0.15, 0.2) is 5.96 Å². The second-order valence-electron chi connectivity index (χ2n) is 5.59. The van der Waals surface area contributed by atoms with Crippen LogP contribution < -0.4 is 20.5 Å². The summed E-state index contributed by atoms with van der Waals surface area (Å²) in [5.41, 5.74) is 1.96. The van der Waals surface area contributed by atoms with Crippen molar-refractivity contribution in [3.05, 3.63) is 59.7 Å². The first kappa shape index (κ1) is 23.2. The molecule has 0 heterocycles. The molecular formula is C18H25IN4O3S. The molecule has 0 aliphatic rings. The number of nitrogens with two attached hydrogens (primary N) is 1. The van der Waals surface area contributed by atoms with Gasteiger partial charge in [-0.15, -0.1) is 24.0 Å². The van der Waals surface area contributed by atoms with E-state index in [1.807, 2.05) is 31.2 Å². The Hall–Kier alpha value is -1.85. The minimum absolute atomic E-state index is 0. The van der Waals surface area contributed by atoms with Crippen molar-refractivity contribution in [1.82, 2.24) is 10.6 Å². The molecule has 0 radical (unpaired) electrons. The average molecular weight is 504 g/mol. The highest BCUT2D eigenvalue weighted by Gasteiger charge is 2.07. The zero-order chi connectivity index (χ0) is 19.0. The molecule has 0 amide bonds. The van der Waals surface area contributed by atoms with Gasteiger partial charge >= 0.3 is 0 Å². The van der Waals surface area contributed by atoms with E-state index in [4.69, 9.17) is 9.88 Å². The molecule has 7 nitrogen and oxygen atoms in total. The molecule has 0 unspecified atom stereocenters. The van der Waals surface area contributed by atoms with Gasteiger partial charge in [0.25, 0.3) is 0 Å². The fraction of sp³-hybridized carbons (Fsp3) is 0.278. The highest BCUT2D eigenvalue weighted by molar-refractivity contribution is 14.0. The Morgan fingerprint density at radius 1 is 1.11 bits per heavy atom. The van der Waals surface area contributed by atoms with Crippen LogP contribution in [0.15, 0.2) is 58.4 Å². The van der Waals surface area contributed by atoms with Crippen molar-refractivity contribution in [2.45, 2.75) is 24.9 Å². The van der Waals surface area contributed by atoms with Crippen molar-refractivity contribution in [3.63, 3.8) is 0 Å². The molecule has 0 spiro atoms. The van der Waals surface area contributed by atoms with Gasteiger partial charge in [-0.05, 0) is 42.3 Å². The zero-order valence-electron chi connectivity index (χ0n) is 15.3. The number of methoxy groups -OCH3 is 1. The molecule has 0 fully saturated rings. The van der Waals surface area contributed by atoms with Gasteiger partial charge in [-0.1, -0.05) is 24.3 Å². The van der Waals surface area contributed by atoms with Gasteiger partial charge < -0.3 is 15.4 Å². The second-order valence-corrected chi connectivity index (χ2v) is 7.15. The molecule has 2 aromatic carbocycles. The van der Waals surface area contributed by atoms with Crippen LogP contribution in [0.3, 0.4) is 0 Å². The van der Waals surface area contributed by atoms with Gasteiger partial charge in [0.1, 0.15) is 5.75 Å². The Morgan fingerprint density at radius 2 is 1.81 bits per heavy atom. The molecule has 27 heavy (non-hydrogen) atoms. The molecule has 9 heteroatoms. The van der Waals surface area contributed by atoms with Crippen LogP contribution in [0, 0.1) is 0 Å². The summed E-state index contributed by atoms with van der Waals surface area (Å²) in [4.78, 5) is 4.65. The lowest BCUT2D eigenvalue weighted by Crippen LogP contribution is -2.36. The van der Waals surface area contributed by atoms with Gasteiger partial charge in [0.05, 0.1) is 18.6 Å². The predicted molar refractivity (Wildman–Crippen MR) is 118 cm³/mol. The lowest BCUT2D eigenvalue weighted by molar-refractivity contribution is 0.414. The van der Waals surface area contributed by atoms with Crippen LogP contribution >= 0.6 is 24.0 Å². The fourth-order valence-electron chi connectivity index (χ4n) is 2.27. The second kappa shape index (κ2) is 11.1. The van der Waals surface area contributed by atoms with E-state index >= 15 is 0 Å². The Labute approximate surface area is 177 Å². The van der Waals surface area contributed by atoms with Crippen molar-refractivity contribution in [3.8, 4) is 5.75 Å². The maximum atomic E-state index is 11.3. The monoisotopic (exact) mass is 504 g/mol. The Kier molecular flexibility index (Phi) is 9.53. The summed E-state index contributed by atoms with van der Waals surface area (Å²) in [7, 11) is -2.04. The first-order valence-corrected chi connectivity index (χ1v) is 9.74. The number of sulfonamides is 1.